The van der Waals surface area contributed by atoms with Crippen molar-refractivity contribution in [1.82, 2.24) is 14.9 Å². The van der Waals surface area contributed by atoms with Gasteiger partial charge >= 0.3 is 0 Å². The van der Waals surface area contributed by atoms with E-state index in [1.807, 2.05) is 0 Å². The quantitative estimate of drug-likeness (QED) is 0.758. The first-order valence-electron chi connectivity index (χ1n) is 5.27. The highest BCUT2D eigenvalue weighted by Gasteiger charge is 2.20. The molecule has 2 rings (SSSR count). The Labute approximate surface area is 89.7 Å². The van der Waals surface area contributed by atoms with Gasteiger partial charge < -0.3 is 16.0 Å². The third kappa shape index (κ3) is 2.56. The second kappa shape index (κ2) is 4.44. The number of nitrogen functional groups attached to an aromatic ring is 1. The van der Waals surface area contributed by atoms with Gasteiger partial charge in [0.25, 0.3) is 0 Å². The van der Waals surface area contributed by atoms with Crippen LogP contribution in [-0.4, -0.2) is 41.0 Å². The van der Waals surface area contributed by atoms with Crippen molar-refractivity contribution in [3.8, 4) is 0 Å². The summed E-state index contributed by atoms with van der Waals surface area (Å²) < 4.78 is 0. The molecule has 1 aliphatic heterocycles. The van der Waals surface area contributed by atoms with E-state index in [1.165, 1.54) is 19.4 Å². The maximum atomic E-state index is 5.55. The lowest BCUT2D eigenvalue weighted by Crippen LogP contribution is -2.31. The van der Waals surface area contributed by atoms with E-state index in [0.29, 0.717) is 11.9 Å². The summed E-state index contributed by atoms with van der Waals surface area (Å²) in [6, 6.07) is 0.605. The van der Waals surface area contributed by atoms with Crippen LogP contribution in [0.5, 0.6) is 0 Å². The summed E-state index contributed by atoms with van der Waals surface area (Å²) in [4.78, 5) is 10.5. The van der Waals surface area contributed by atoms with Crippen LogP contribution in [0.15, 0.2) is 12.4 Å². The van der Waals surface area contributed by atoms with E-state index in [9.17, 15) is 0 Å². The number of hydrogen-bond acceptors (Lipinski definition) is 5. The molecule has 1 aromatic rings. The minimum absolute atomic E-state index is 0.458. The molecule has 0 saturated carbocycles. The van der Waals surface area contributed by atoms with Gasteiger partial charge in [-0.15, -0.1) is 0 Å². The number of nitrogens with zero attached hydrogens (tertiary/aromatic N) is 3. The van der Waals surface area contributed by atoms with Crippen LogP contribution in [0, 0.1) is 0 Å². The summed E-state index contributed by atoms with van der Waals surface area (Å²) >= 11 is 0. The fourth-order valence-corrected chi connectivity index (χ4v) is 1.93. The lowest BCUT2D eigenvalue weighted by atomic mass is 10.2. The molecule has 1 fully saturated rings. The minimum Gasteiger partial charge on any atom is -0.382 e. The van der Waals surface area contributed by atoms with Crippen molar-refractivity contribution >= 4 is 11.6 Å². The van der Waals surface area contributed by atoms with Crippen LogP contribution in [0.4, 0.5) is 11.6 Å². The summed E-state index contributed by atoms with van der Waals surface area (Å²) in [6.07, 6.45) is 5.78. The van der Waals surface area contributed by atoms with Crippen molar-refractivity contribution in [3.05, 3.63) is 12.4 Å². The zero-order chi connectivity index (χ0) is 10.7. The third-order valence-corrected chi connectivity index (χ3v) is 2.84. The highest BCUT2D eigenvalue weighted by Crippen LogP contribution is 2.15. The second-order valence-electron chi connectivity index (χ2n) is 3.99. The Bertz CT molecular complexity index is 327. The molecule has 15 heavy (non-hydrogen) atoms. The predicted octanol–water partition coefficient (Wildman–Crippen LogP) is 0.565. The maximum absolute atomic E-state index is 5.55. The van der Waals surface area contributed by atoms with E-state index >= 15 is 0 Å². The third-order valence-electron chi connectivity index (χ3n) is 2.84. The fourth-order valence-electron chi connectivity index (χ4n) is 1.93. The molecular weight excluding hydrogens is 190 g/mol. The highest BCUT2D eigenvalue weighted by atomic mass is 15.2. The van der Waals surface area contributed by atoms with Crippen LogP contribution in [-0.2, 0) is 0 Å². The predicted molar refractivity (Wildman–Crippen MR) is 60.6 cm³/mol. The SMILES string of the molecule is CN1CCCC1CNc1cncc(N)n1. The molecule has 0 radical (unpaired) electrons. The summed E-state index contributed by atoms with van der Waals surface area (Å²) in [6.45, 7) is 2.10. The molecule has 1 aliphatic rings. The average molecular weight is 207 g/mol. The monoisotopic (exact) mass is 207 g/mol. The van der Waals surface area contributed by atoms with Crippen LogP contribution in [0.2, 0.25) is 0 Å². The number of aromatic nitrogens is 2. The number of rotatable bonds is 3. The summed E-state index contributed by atoms with van der Waals surface area (Å²) in [5.74, 6) is 1.22. The largest absolute Gasteiger partial charge is 0.382 e. The molecule has 82 valence electrons. The highest BCUT2D eigenvalue weighted by molar-refractivity contribution is 5.38. The molecular formula is C10H17N5. The molecule has 0 amide bonds. The molecule has 5 heteroatoms. The second-order valence-corrected chi connectivity index (χ2v) is 3.99. The van der Waals surface area contributed by atoms with E-state index in [1.54, 1.807) is 12.4 Å². The Hall–Kier alpha value is -1.36. The zero-order valence-corrected chi connectivity index (χ0v) is 8.98. The summed E-state index contributed by atoms with van der Waals surface area (Å²) in [7, 11) is 2.16. The van der Waals surface area contributed by atoms with Crippen LogP contribution >= 0.6 is 0 Å². The van der Waals surface area contributed by atoms with Crippen LogP contribution < -0.4 is 11.1 Å². The van der Waals surface area contributed by atoms with Gasteiger partial charge in [0.1, 0.15) is 11.6 Å². The van der Waals surface area contributed by atoms with Gasteiger partial charge in [-0.2, -0.15) is 0 Å². The van der Waals surface area contributed by atoms with Crippen LogP contribution in [0.1, 0.15) is 12.8 Å². The van der Waals surface area contributed by atoms with Crippen molar-refractivity contribution in [1.29, 1.82) is 0 Å². The van der Waals surface area contributed by atoms with Gasteiger partial charge in [-0.3, -0.25) is 4.98 Å². The molecule has 0 spiro atoms. The molecule has 0 bridgehead atoms. The molecule has 1 unspecified atom stereocenters. The number of anilines is 2. The molecule has 2 heterocycles. The maximum Gasteiger partial charge on any atom is 0.147 e. The smallest absolute Gasteiger partial charge is 0.147 e. The first kappa shape index (κ1) is 10.2. The Morgan fingerprint density at radius 1 is 1.60 bits per heavy atom. The van der Waals surface area contributed by atoms with E-state index in [0.717, 1.165) is 12.4 Å². The van der Waals surface area contributed by atoms with Crippen molar-refractivity contribution < 1.29 is 0 Å². The molecule has 1 aromatic heterocycles. The van der Waals surface area contributed by atoms with Gasteiger partial charge in [0, 0.05) is 12.6 Å². The number of likely N-dealkylation sites (N-methyl/N-ethyl adjacent to an activating group) is 1. The van der Waals surface area contributed by atoms with Crippen molar-refractivity contribution in [2.75, 3.05) is 31.2 Å². The van der Waals surface area contributed by atoms with E-state index in [2.05, 4.69) is 27.2 Å². The first-order chi connectivity index (χ1) is 7.25. The fraction of sp³-hybridized carbons (Fsp3) is 0.600. The molecule has 1 atom stereocenters. The topological polar surface area (TPSA) is 67.1 Å². The van der Waals surface area contributed by atoms with E-state index < -0.39 is 0 Å². The minimum atomic E-state index is 0.458. The summed E-state index contributed by atoms with van der Waals surface area (Å²) in [5, 5.41) is 3.26. The number of nitrogens with one attached hydrogen (secondary N) is 1. The van der Waals surface area contributed by atoms with Gasteiger partial charge in [-0.05, 0) is 26.4 Å². The van der Waals surface area contributed by atoms with Gasteiger partial charge in [0.05, 0.1) is 12.4 Å². The van der Waals surface area contributed by atoms with Crippen molar-refractivity contribution in [2.24, 2.45) is 0 Å². The van der Waals surface area contributed by atoms with Crippen LogP contribution in [0.3, 0.4) is 0 Å². The van der Waals surface area contributed by atoms with E-state index in [4.69, 9.17) is 5.73 Å². The standard InChI is InChI=1S/C10H17N5/c1-15-4-2-3-8(15)5-13-10-7-12-6-9(11)14-10/h6-8H,2-5H2,1H3,(H3,11,13,14). The Morgan fingerprint density at radius 3 is 3.13 bits per heavy atom. The number of nitrogens with two attached hydrogens (primary N) is 1. The molecule has 5 nitrogen and oxygen atoms in total. The van der Waals surface area contributed by atoms with Crippen molar-refractivity contribution in [3.63, 3.8) is 0 Å². The normalized spacial score (nSPS) is 21.8. The first-order valence-corrected chi connectivity index (χ1v) is 5.27. The Balaban J connectivity index is 1.87. The van der Waals surface area contributed by atoms with Crippen LogP contribution in [0.25, 0.3) is 0 Å². The lowest BCUT2D eigenvalue weighted by Gasteiger charge is -2.19. The zero-order valence-electron chi connectivity index (χ0n) is 8.98. The summed E-state index contributed by atoms with van der Waals surface area (Å²) in [5.41, 5.74) is 5.55. The lowest BCUT2D eigenvalue weighted by molar-refractivity contribution is 0.322. The van der Waals surface area contributed by atoms with E-state index in [-0.39, 0.29) is 0 Å². The molecule has 0 aromatic carbocycles. The van der Waals surface area contributed by atoms with Gasteiger partial charge in [-0.1, -0.05) is 0 Å². The van der Waals surface area contributed by atoms with Gasteiger partial charge in [0.2, 0.25) is 0 Å². The molecule has 3 N–H and O–H groups in total. The number of hydrogen-bond donors (Lipinski definition) is 2. The average Bonchev–Trinajstić information content (AvgIpc) is 2.61. The molecule has 1 saturated heterocycles. The van der Waals surface area contributed by atoms with Crippen molar-refractivity contribution in [2.45, 2.75) is 18.9 Å². The van der Waals surface area contributed by atoms with Gasteiger partial charge in [0.15, 0.2) is 0 Å². The van der Waals surface area contributed by atoms with Gasteiger partial charge in [-0.25, -0.2) is 4.98 Å². The molecule has 0 aliphatic carbocycles. The number of likely N-dealkylation sites (tertiary alicyclic amines) is 1. The Morgan fingerprint density at radius 2 is 2.47 bits per heavy atom. The Kier molecular flexibility index (Phi) is 3.01.